The molecule has 0 radical (unpaired) electrons. The molecule has 3 N–H and O–H groups in total. The number of amides is 1. The minimum absolute atomic E-state index is 0. The number of guanidine groups is 1. The number of carbonyl (C=O) groups excluding carboxylic acids is 1. The average Bonchev–Trinajstić information content (AvgIpc) is 2.71. The number of nitrogens with one attached hydrogen (secondary N) is 3. The predicted octanol–water partition coefficient (Wildman–Crippen LogP) is 3.42. The van der Waals surface area contributed by atoms with E-state index in [1.807, 2.05) is 13.0 Å². The number of aryl methyl sites for hydroxylation is 1. The number of carbonyl (C=O) groups is 1. The molecule has 1 saturated carbocycles. The molecule has 1 amide bonds. The maximum absolute atomic E-state index is 12.2. The van der Waals surface area contributed by atoms with Crippen LogP contribution in [0.4, 0.5) is 0 Å². The van der Waals surface area contributed by atoms with E-state index in [9.17, 15) is 4.79 Å². The Morgan fingerprint density at radius 2 is 1.86 bits per heavy atom. The second-order valence-corrected chi connectivity index (χ2v) is 7.38. The van der Waals surface area contributed by atoms with Crippen LogP contribution in [0.1, 0.15) is 50.2 Å². The average molecular weight is 516 g/mol. The molecule has 0 unspecified atom stereocenters. The first kappa shape index (κ1) is 25.5. The zero-order valence-corrected chi connectivity index (χ0v) is 20.4. The van der Waals surface area contributed by atoms with E-state index in [-0.39, 0.29) is 35.8 Å². The lowest BCUT2D eigenvalue weighted by molar-refractivity contribution is -0.125. The molecule has 6 nitrogen and oxygen atoms in total. The van der Waals surface area contributed by atoms with Gasteiger partial charge in [-0.15, -0.1) is 24.0 Å². The molecular formula is C22H37IN4O2. The van der Waals surface area contributed by atoms with E-state index >= 15 is 0 Å². The van der Waals surface area contributed by atoms with Crippen molar-refractivity contribution in [3.63, 3.8) is 0 Å². The Bertz CT molecular complexity index is 646. The summed E-state index contributed by atoms with van der Waals surface area (Å²) in [6.07, 6.45) is 6.51. The molecule has 1 fully saturated rings. The highest BCUT2D eigenvalue weighted by atomic mass is 127. The highest BCUT2D eigenvalue weighted by Crippen LogP contribution is 2.23. The van der Waals surface area contributed by atoms with Gasteiger partial charge < -0.3 is 20.7 Å². The van der Waals surface area contributed by atoms with E-state index in [4.69, 9.17) is 4.74 Å². The highest BCUT2D eigenvalue weighted by molar-refractivity contribution is 14.0. The molecular weight excluding hydrogens is 479 g/mol. The van der Waals surface area contributed by atoms with Gasteiger partial charge in [-0.05, 0) is 44.7 Å². The summed E-state index contributed by atoms with van der Waals surface area (Å²) in [5.41, 5.74) is 2.39. The van der Waals surface area contributed by atoms with Crippen LogP contribution < -0.4 is 20.7 Å². The van der Waals surface area contributed by atoms with Crippen molar-refractivity contribution in [1.82, 2.24) is 16.0 Å². The zero-order chi connectivity index (χ0) is 20.2. The summed E-state index contributed by atoms with van der Waals surface area (Å²) in [5, 5.41) is 9.61. The monoisotopic (exact) mass is 516 g/mol. The van der Waals surface area contributed by atoms with Crippen molar-refractivity contribution in [2.24, 2.45) is 10.9 Å². The third-order valence-corrected chi connectivity index (χ3v) is 5.12. The highest BCUT2D eigenvalue weighted by Gasteiger charge is 2.20. The van der Waals surface area contributed by atoms with Gasteiger partial charge in [0.15, 0.2) is 5.96 Å². The third kappa shape index (κ3) is 9.23. The largest absolute Gasteiger partial charge is 0.496 e. The van der Waals surface area contributed by atoms with Gasteiger partial charge >= 0.3 is 0 Å². The van der Waals surface area contributed by atoms with Gasteiger partial charge in [0.2, 0.25) is 5.91 Å². The second-order valence-electron chi connectivity index (χ2n) is 7.38. The Labute approximate surface area is 192 Å². The van der Waals surface area contributed by atoms with Crippen LogP contribution in [0.3, 0.4) is 0 Å². The molecule has 1 aliphatic carbocycles. The van der Waals surface area contributed by atoms with Gasteiger partial charge in [0, 0.05) is 32.1 Å². The molecule has 0 atom stereocenters. The van der Waals surface area contributed by atoms with E-state index in [0.29, 0.717) is 19.6 Å². The van der Waals surface area contributed by atoms with Crippen LogP contribution in [0.2, 0.25) is 0 Å². The van der Waals surface area contributed by atoms with Crippen molar-refractivity contribution in [3.05, 3.63) is 29.3 Å². The molecule has 0 aliphatic heterocycles. The summed E-state index contributed by atoms with van der Waals surface area (Å²) in [5.74, 6) is 2.10. The van der Waals surface area contributed by atoms with E-state index in [2.05, 4.69) is 40.0 Å². The van der Waals surface area contributed by atoms with E-state index in [0.717, 1.165) is 37.5 Å². The van der Waals surface area contributed by atoms with Gasteiger partial charge in [0.05, 0.1) is 7.11 Å². The lowest BCUT2D eigenvalue weighted by Gasteiger charge is -2.21. The van der Waals surface area contributed by atoms with Gasteiger partial charge in [-0.1, -0.05) is 37.0 Å². The summed E-state index contributed by atoms with van der Waals surface area (Å²) in [7, 11) is 1.70. The minimum Gasteiger partial charge on any atom is -0.496 e. The number of aliphatic imine (C=N–C) groups is 1. The van der Waals surface area contributed by atoms with Crippen LogP contribution in [0, 0.1) is 12.8 Å². The minimum atomic E-state index is 0. The number of benzene rings is 1. The number of rotatable bonds is 9. The van der Waals surface area contributed by atoms with Crippen molar-refractivity contribution >= 4 is 35.8 Å². The molecule has 0 aromatic heterocycles. The maximum atomic E-state index is 12.2. The molecule has 7 heteroatoms. The summed E-state index contributed by atoms with van der Waals surface area (Å²) in [6.45, 7) is 6.88. The van der Waals surface area contributed by atoms with Crippen LogP contribution >= 0.6 is 24.0 Å². The van der Waals surface area contributed by atoms with Crippen molar-refractivity contribution in [1.29, 1.82) is 0 Å². The van der Waals surface area contributed by atoms with Gasteiger partial charge in [-0.3, -0.25) is 9.79 Å². The second kappa shape index (κ2) is 14.5. The normalized spacial score (nSPS) is 14.7. The molecule has 164 valence electrons. The quantitative estimate of drug-likeness (QED) is 0.204. The lowest BCUT2D eigenvalue weighted by atomic mass is 9.89. The van der Waals surface area contributed by atoms with E-state index in [1.165, 1.54) is 30.4 Å². The summed E-state index contributed by atoms with van der Waals surface area (Å²) in [6, 6.07) is 6.21. The van der Waals surface area contributed by atoms with Crippen LogP contribution in [0.25, 0.3) is 0 Å². The molecule has 0 bridgehead atoms. The molecule has 1 aliphatic rings. The van der Waals surface area contributed by atoms with Gasteiger partial charge in [-0.2, -0.15) is 0 Å². The molecule has 0 spiro atoms. The van der Waals surface area contributed by atoms with Crippen molar-refractivity contribution < 1.29 is 9.53 Å². The first-order valence-electron chi connectivity index (χ1n) is 10.6. The predicted molar refractivity (Wildman–Crippen MR) is 130 cm³/mol. The van der Waals surface area contributed by atoms with Crippen LogP contribution in [0.15, 0.2) is 23.2 Å². The molecule has 0 heterocycles. The first-order valence-corrected chi connectivity index (χ1v) is 10.6. The Morgan fingerprint density at radius 1 is 1.14 bits per heavy atom. The fourth-order valence-corrected chi connectivity index (χ4v) is 3.61. The topological polar surface area (TPSA) is 74.8 Å². The number of halogens is 1. The Morgan fingerprint density at radius 3 is 2.55 bits per heavy atom. The van der Waals surface area contributed by atoms with Gasteiger partial charge in [-0.25, -0.2) is 0 Å². The van der Waals surface area contributed by atoms with Gasteiger partial charge in [0.1, 0.15) is 5.75 Å². The lowest BCUT2D eigenvalue weighted by Crippen LogP contribution is -2.42. The fourth-order valence-electron chi connectivity index (χ4n) is 3.61. The number of ether oxygens (including phenoxy) is 1. The summed E-state index contributed by atoms with van der Waals surface area (Å²) < 4.78 is 5.44. The SMILES string of the molecule is CCNC(=NCCc1cc(C)ccc1OC)NCCNC(=O)C1CCCCC1.I. The van der Waals surface area contributed by atoms with Crippen LogP contribution in [-0.4, -0.2) is 45.2 Å². The first-order chi connectivity index (χ1) is 13.6. The van der Waals surface area contributed by atoms with E-state index in [1.54, 1.807) is 7.11 Å². The maximum Gasteiger partial charge on any atom is 0.223 e. The van der Waals surface area contributed by atoms with Crippen molar-refractivity contribution in [3.8, 4) is 5.75 Å². The van der Waals surface area contributed by atoms with E-state index < -0.39 is 0 Å². The molecule has 29 heavy (non-hydrogen) atoms. The smallest absolute Gasteiger partial charge is 0.223 e. The Kier molecular flexibility index (Phi) is 12.7. The molecule has 0 saturated heterocycles. The molecule has 2 rings (SSSR count). The number of hydrogen-bond donors (Lipinski definition) is 3. The molecule has 1 aromatic rings. The fraction of sp³-hybridized carbons (Fsp3) is 0.636. The Hall–Kier alpha value is -1.51. The van der Waals surface area contributed by atoms with Crippen LogP contribution in [0.5, 0.6) is 5.75 Å². The van der Waals surface area contributed by atoms with Crippen molar-refractivity contribution in [2.45, 2.75) is 52.4 Å². The third-order valence-electron chi connectivity index (χ3n) is 5.12. The Balaban J connectivity index is 0.00000420. The standard InChI is InChI=1S/C22H36N4O2.HI/c1-4-23-22(25-13-12-19-16-17(2)10-11-20(19)28-3)26-15-14-24-21(27)18-8-6-5-7-9-18;/h10-11,16,18H,4-9,12-15H2,1-3H3,(H,24,27)(H2,23,25,26);1H. The number of hydrogen-bond acceptors (Lipinski definition) is 3. The summed E-state index contributed by atoms with van der Waals surface area (Å²) >= 11 is 0. The zero-order valence-electron chi connectivity index (χ0n) is 18.1. The number of methoxy groups -OCH3 is 1. The van der Waals surface area contributed by atoms with Gasteiger partial charge in [0.25, 0.3) is 0 Å². The van der Waals surface area contributed by atoms with Crippen molar-refractivity contribution in [2.75, 3.05) is 33.3 Å². The summed E-state index contributed by atoms with van der Waals surface area (Å²) in [4.78, 5) is 16.8. The van der Waals surface area contributed by atoms with Crippen LogP contribution in [-0.2, 0) is 11.2 Å². The number of nitrogens with zero attached hydrogens (tertiary/aromatic N) is 1. The molecule has 1 aromatic carbocycles.